The molecule has 0 saturated carbocycles. The van der Waals surface area contributed by atoms with Gasteiger partial charge in [0.15, 0.2) is 0 Å². The molecule has 0 bridgehead atoms. The van der Waals surface area contributed by atoms with Gasteiger partial charge >= 0.3 is 0 Å². The van der Waals surface area contributed by atoms with Gasteiger partial charge in [-0.05, 0) is 6.07 Å². The molecule has 0 amide bonds. The number of nitrogens with zero attached hydrogens (tertiary/aromatic N) is 1. The van der Waals surface area contributed by atoms with Crippen LogP contribution in [0.5, 0.6) is 0 Å². The van der Waals surface area contributed by atoms with Crippen LogP contribution in [0.15, 0.2) is 18.3 Å². The van der Waals surface area contributed by atoms with Crippen LogP contribution in [0.25, 0.3) is 0 Å². The van der Waals surface area contributed by atoms with E-state index in [1.807, 2.05) is 0 Å². The molecule has 1 heterocycles. The van der Waals surface area contributed by atoms with Gasteiger partial charge in [0.25, 0.3) is 6.43 Å². The van der Waals surface area contributed by atoms with Crippen molar-refractivity contribution in [2.75, 3.05) is 24.2 Å². The number of hydrogen-bond donors (Lipinski definition) is 3. The first-order valence-electron chi connectivity index (χ1n) is 4.47. The van der Waals surface area contributed by atoms with E-state index in [4.69, 9.17) is 5.11 Å². The zero-order valence-electron chi connectivity index (χ0n) is 8.24. The van der Waals surface area contributed by atoms with Crippen LogP contribution in [0.3, 0.4) is 0 Å². The average Bonchev–Trinajstić information content (AvgIpc) is 2.26. The van der Waals surface area contributed by atoms with Crippen LogP contribution in [-0.2, 0) is 0 Å². The quantitative estimate of drug-likeness (QED) is 0.692. The number of hydrogen-bond acceptors (Lipinski definition) is 4. The predicted octanol–water partition coefficient (Wildman–Crippen LogP) is 1.16. The van der Waals surface area contributed by atoms with Crippen LogP contribution in [0.4, 0.5) is 20.3 Å². The van der Waals surface area contributed by atoms with E-state index in [1.165, 1.54) is 0 Å². The molecule has 4 nitrogen and oxygen atoms in total. The highest BCUT2D eigenvalue weighted by Crippen LogP contribution is 2.11. The van der Waals surface area contributed by atoms with Crippen LogP contribution in [-0.4, -0.2) is 36.2 Å². The number of pyridine rings is 1. The molecule has 15 heavy (non-hydrogen) atoms. The van der Waals surface area contributed by atoms with Crippen LogP contribution >= 0.6 is 0 Å². The molecule has 0 radical (unpaired) electrons. The summed E-state index contributed by atoms with van der Waals surface area (Å²) >= 11 is 0. The summed E-state index contributed by atoms with van der Waals surface area (Å²) in [5.41, 5.74) is 0.633. The normalized spacial score (nSPS) is 12.6. The summed E-state index contributed by atoms with van der Waals surface area (Å²) in [4.78, 5) is 3.96. The van der Waals surface area contributed by atoms with Gasteiger partial charge in [0.1, 0.15) is 11.9 Å². The van der Waals surface area contributed by atoms with Crippen molar-refractivity contribution in [3.05, 3.63) is 18.3 Å². The first kappa shape index (κ1) is 11.6. The molecule has 1 unspecified atom stereocenters. The van der Waals surface area contributed by atoms with Crippen molar-refractivity contribution in [1.29, 1.82) is 0 Å². The number of alkyl halides is 2. The molecule has 84 valence electrons. The fraction of sp³-hybridized carbons (Fsp3) is 0.444. The minimum absolute atomic E-state index is 0.190. The van der Waals surface area contributed by atoms with E-state index in [2.05, 4.69) is 15.6 Å². The number of aromatic nitrogens is 1. The second kappa shape index (κ2) is 5.45. The fourth-order valence-corrected chi connectivity index (χ4v) is 0.989. The topological polar surface area (TPSA) is 57.2 Å². The Hall–Kier alpha value is -1.43. The number of rotatable bonds is 5. The van der Waals surface area contributed by atoms with Crippen LogP contribution in [0.2, 0.25) is 0 Å². The summed E-state index contributed by atoms with van der Waals surface area (Å²) in [5, 5.41) is 14.4. The Balaban J connectivity index is 2.50. The maximum Gasteiger partial charge on any atom is 0.265 e. The van der Waals surface area contributed by atoms with Crippen LogP contribution < -0.4 is 10.6 Å². The van der Waals surface area contributed by atoms with Crippen molar-refractivity contribution >= 4 is 11.5 Å². The fourth-order valence-electron chi connectivity index (χ4n) is 0.989. The summed E-state index contributed by atoms with van der Waals surface area (Å²) < 4.78 is 23.9. The number of aliphatic hydroxyl groups excluding tert-OH is 1. The highest BCUT2D eigenvalue weighted by Gasteiger charge is 2.15. The Morgan fingerprint density at radius 1 is 1.53 bits per heavy atom. The van der Waals surface area contributed by atoms with Gasteiger partial charge in [0.05, 0.1) is 0 Å². The maximum atomic E-state index is 12.0. The third-order valence-electron chi connectivity index (χ3n) is 1.82. The molecule has 0 fully saturated rings. The van der Waals surface area contributed by atoms with E-state index >= 15 is 0 Å². The summed E-state index contributed by atoms with van der Waals surface area (Å²) in [7, 11) is 1.71. The standard InChI is InChI=1S/C9H13F2N3O/c1-12-8-4-6(2-3-13-8)14-5-7(15)9(10)11/h2-4,7,9,15H,5H2,1H3,(H2,12,13,14). The molecule has 0 aliphatic carbocycles. The van der Waals surface area contributed by atoms with Crippen LogP contribution in [0, 0.1) is 0 Å². The van der Waals surface area contributed by atoms with Gasteiger partial charge < -0.3 is 15.7 Å². The summed E-state index contributed by atoms with van der Waals surface area (Å²) in [5.74, 6) is 0.631. The molecule has 6 heteroatoms. The summed E-state index contributed by atoms with van der Waals surface area (Å²) in [6.07, 6.45) is -2.84. The Morgan fingerprint density at radius 2 is 2.27 bits per heavy atom. The second-order valence-electron chi connectivity index (χ2n) is 2.96. The monoisotopic (exact) mass is 217 g/mol. The summed E-state index contributed by atoms with van der Waals surface area (Å²) in [6, 6.07) is 3.30. The van der Waals surface area contributed by atoms with Gasteiger partial charge in [0.2, 0.25) is 0 Å². The number of anilines is 2. The zero-order chi connectivity index (χ0) is 11.3. The first-order valence-corrected chi connectivity index (χ1v) is 4.47. The largest absolute Gasteiger partial charge is 0.385 e. The van der Waals surface area contributed by atoms with Crippen molar-refractivity contribution in [3.63, 3.8) is 0 Å². The minimum atomic E-state index is -2.73. The van der Waals surface area contributed by atoms with E-state index in [-0.39, 0.29) is 6.54 Å². The lowest BCUT2D eigenvalue weighted by atomic mass is 10.3. The lowest BCUT2D eigenvalue weighted by Gasteiger charge is -2.12. The molecule has 1 atom stereocenters. The second-order valence-corrected chi connectivity index (χ2v) is 2.96. The van der Waals surface area contributed by atoms with E-state index in [1.54, 1.807) is 25.4 Å². The average molecular weight is 217 g/mol. The van der Waals surface area contributed by atoms with Gasteiger partial charge in [-0.2, -0.15) is 0 Å². The number of nitrogens with one attached hydrogen (secondary N) is 2. The third-order valence-corrected chi connectivity index (χ3v) is 1.82. The van der Waals surface area contributed by atoms with Gasteiger partial charge in [-0.15, -0.1) is 0 Å². The zero-order valence-corrected chi connectivity index (χ0v) is 8.24. The molecule has 0 spiro atoms. The Morgan fingerprint density at radius 3 is 2.87 bits per heavy atom. The number of aliphatic hydroxyl groups is 1. The molecular weight excluding hydrogens is 204 g/mol. The molecular formula is C9H13F2N3O. The van der Waals surface area contributed by atoms with Crippen molar-refractivity contribution in [3.8, 4) is 0 Å². The van der Waals surface area contributed by atoms with E-state index in [0.29, 0.717) is 11.5 Å². The highest BCUT2D eigenvalue weighted by atomic mass is 19.3. The van der Waals surface area contributed by atoms with E-state index in [9.17, 15) is 8.78 Å². The van der Waals surface area contributed by atoms with Crippen LogP contribution in [0.1, 0.15) is 0 Å². The van der Waals surface area contributed by atoms with Crippen molar-refractivity contribution in [2.24, 2.45) is 0 Å². The van der Waals surface area contributed by atoms with Crippen molar-refractivity contribution in [2.45, 2.75) is 12.5 Å². The van der Waals surface area contributed by atoms with Gasteiger partial charge in [-0.25, -0.2) is 13.8 Å². The van der Waals surface area contributed by atoms with Gasteiger partial charge in [-0.1, -0.05) is 0 Å². The molecule has 0 saturated heterocycles. The lowest BCUT2D eigenvalue weighted by Crippen LogP contribution is -2.26. The van der Waals surface area contributed by atoms with E-state index in [0.717, 1.165) is 0 Å². The molecule has 3 N–H and O–H groups in total. The van der Waals surface area contributed by atoms with E-state index < -0.39 is 12.5 Å². The molecule has 1 rings (SSSR count). The van der Waals surface area contributed by atoms with Crippen molar-refractivity contribution in [1.82, 2.24) is 4.98 Å². The minimum Gasteiger partial charge on any atom is -0.385 e. The molecule has 0 aliphatic heterocycles. The highest BCUT2D eigenvalue weighted by molar-refractivity contribution is 5.51. The Kier molecular flexibility index (Phi) is 4.23. The molecule has 0 aromatic carbocycles. The molecule has 0 aliphatic rings. The third kappa shape index (κ3) is 3.67. The number of halogens is 2. The van der Waals surface area contributed by atoms with Gasteiger partial charge in [-0.3, -0.25) is 0 Å². The smallest absolute Gasteiger partial charge is 0.265 e. The lowest BCUT2D eigenvalue weighted by molar-refractivity contribution is 0.00384. The van der Waals surface area contributed by atoms with Crippen molar-refractivity contribution < 1.29 is 13.9 Å². The predicted molar refractivity (Wildman–Crippen MR) is 54.3 cm³/mol. The Bertz CT molecular complexity index is 309. The SMILES string of the molecule is CNc1cc(NCC(O)C(F)F)ccn1. The maximum absolute atomic E-state index is 12.0. The molecule has 1 aromatic heterocycles. The first-order chi connectivity index (χ1) is 7.13. The van der Waals surface area contributed by atoms with Gasteiger partial charge in [0, 0.05) is 31.5 Å². The Labute approximate surface area is 86.3 Å². The molecule has 1 aromatic rings. The summed E-state index contributed by atoms with van der Waals surface area (Å²) in [6.45, 7) is -0.190.